The summed E-state index contributed by atoms with van der Waals surface area (Å²) in [5, 5.41) is 2.79. The fourth-order valence-electron chi connectivity index (χ4n) is 1.39. The number of methoxy groups -OCH3 is 1. The van der Waals surface area contributed by atoms with E-state index in [9.17, 15) is 4.79 Å². The number of aryl methyl sites for hydroxylation is 1. The third-order valence-electron chi connectivity index (χ3n) is 2.27. The van der Waals surface area contributed by atoms with Crippen LogP contribution in [0.5, 0.6) is 5.75 Å². The normalized spacial score (nSPS) is 11.2. The van der Waals surface area contributed by atoms with Gasteiger partial charge in [-0.15, -0.1) is 0 Å². The fourth-order valence-corrected chi connectivity index (χ4v) is 1.39. The van der Waals surface area contributed by atoms with E-state index in [2.05, 4.69) is 5.32 Å². The van der Waals surface area contributed by atoms with Gasteiger partial charge in [0.25, 0.3) is 0 Å². The average Bonchev–Trinajstić information content (AvgIpc) is 2.26. The van der Waals surface area contributed by atoms with Gasteiger partial charge in [0.15, 0.2) is 0 Å². The van der Waals surface area contributed by atoms with E-state index in [1.54, 1.807) is 7.11 Å². The molecule has 0 fully saturated rings. The highest BCUT2D eigenvalue weighted by Crippen LogP contribution is 2.25. The van der Waals surface area contributed by atoms with Crippen molar-refractivity contribution in [2.24, 2.45) is 0 Å². The zero-order valence-corrected chi connectivity index (χ0v) is 11.7. The summed E-state index contributed by atoms with van der Waals surface area (Å²) >= 11 is 0. The monoisotopic (exact) mass is 251 g/mol. The molecule has 4 heteroatoms. The topological polar surface area (TPSA) is 47.6 Å². The van der Waals surface area contributed by atoms with E-state index in [0.29, 0.717) is 11.4 Å². The van der Waals surface area contributed by atoms with Gasteiger partial charge in [-0.25, -0.2) is 0 Å². The van der Waals surface area contributed by atoms with E-state index < -0.39 is 0 Å². The molecule has 0 aliphatic carbocycles. The van der Waals surface area contributed by atoms with Gasteiger partial charge in [-0.2, -0.15) is 0 Å². The third kappa shape index (κ3) is 4.75. The zero-order valence-electron chi connectivity index (χ0n) is 11.7. The minimum atomic E-state index is -0.325. The first-order valence-corrected chi connectivity index (χ1v) is 5.90. The van der Waals surface area contributed by atoms with Crippen LogP contribution < -0.4 is 10.1 Å². The van der Waals surface area contributed by atoms with Crippen molar-refractivity contribution in [1.82, 2.24) is 0 Å². The Balaban J connectivity index is 2.66. The molecular weight excluding hydrogens is 230 g/mol. The summed E-state index contributed by atoms with van der Waals surface area (Å²) in [6.07, 6.45) is 0. The molecule has 1 N–H and O–H groups in total. The Morgan fingerprint density at radius 1 is 1.33 bits per heavy atom. The molecule has 1 rings (SSSR count). The molecule has 18 heavy (non-hydrogen) atoms. The number of rotatable bonds is 4. The van der Waals surface area contributed by atoms with Crippen LogP contribution >= 0.6 is 0 Å². The molecule has 1 aromatic rings. The predicted molar refractivity (Wildman–Crippen MR) is 72.1 cm³/mol. The minimum Gasteiger partial charge on any atom is -0.495 e. The summed E-state index contributed by atoms with van der Waals surface area (Å²) in [5.74, 6) is 0.457. The second-order valence-electron chi connectivity index (χ2n) is 5.15. The maximum Gasteiger partial charge on any atom is 0.250 e. The van der Waals surface area contributed by atoms with E-state index in [1.165, 1.54) is 0 Å². The summed E-state index contributed by atoms with van der Waals surface area (Å²) in [5.41, 5.74) is 1.40. The number of carbonyl (C=O) groups is 1. The number of ether oxygens (including phenoxy) is 2. The quantitative estimate of drug-likeness (QED) is 0.895. The van der Waals surface area contributed by atoms with E-state index in [4.69, 9.17) is 9.47 Å². The molecule has 0 saturated carbocycles. The largest absolute Gasteiger partial charge is 0.495 e. The first kappa shape index (κ1) is 14.5. The van der Waals surface area contributed by atoms with Gasteiger partial charge in [0.1, 0.15) is 12.4 Å². The molecule has 0 spiro atoms. The Labute approximate surface area is 108 Å². The second kappa shape index (κ2) is 5.87. The molecule has 0 aromatic heterocycles. The lowest BCUT2D eigenvalue weighted by Gasteiger charge is -2.19. The summed E-state index contributed by atoms with van der Waals surface area (Å²) < 4.78 is 10.6. The number of carbonyl (C=O) groups excluding carboxylic acids is 1. The number of anilines is 1. The lowest BCUT2D eigenvalue weighted by atomic mass is 10.2. The van der Waals surface area contributed by atoms with Gasteiger partial charge in [0.05, 0.1) is 18.4 Å². The molecular formula is C14H21NO3. The van der Waals surface area contributed by atoms with Crippen LogP contribution in [0.25, 0.3) is 0 Å². The van der Waals surface area contributed by atoms with Gasteiger partial charge in [0.2, 0.25) is 5.91 Å². The molecule has 0 bridgehead atoms. The predicted octanol–water partition coefficient (Wildman–Crippen LogP) is 2.76. The molecule has 0 heterocycles. The van der Waals surface area contributed by atoms with Crippen LogP contribution in [0.3, 0.4) is 0 Å². The van der Waals surface area contributed by atoms with Crippen LogP contribution in [0.15, 0.2) is 18.2 Å². The SMILES string of the molecule is COc1ccc(C)cc1NC(=O)COC(C)(C)C. The molecule has 1 amide bonds. The van der Waals surface area contributed by atoms with Gasteiger partial charge >= 0.3 is 0 Å². The molecule has 0 radical (unpaired) electrons. The van der Waals surface area contributed by atoms with E-state index in [1.807, 2.05) is 45.9 Å². The average molecular weight is 251 g/mol. The Morgan fingerprint density at radius 3 is 2.56 bits per heavy atom. The molecule has 100 valence electrons. The molecule has 0 aliphatic heterocycles. The van der Waals surface area contributed by atoms with Crippen molar-refractivity contribution in [3.05, 3.63) is 23.8 Å². The van der Waals surface area contributed by atoms with Gasteiger partial charge < -0.3 is 14.8 Å². The van der Waals surface area contributed by atoms with Gasteiger partial charge in [-0.1, -0.05) is 6.07 Å². The molecule has 0 aliphatic rings. The smallest absolute Gasteiger partial charge is 0.250 e. The highest BCUT2D eigenvalue weighted by Gasteiger charge is 2.14. The number of hydrogen-bond acceptors (Lipinski definition) is 3. The van der Waals surface area contributed by atoms with E-state index in [-0.39, 0.29) is 18.1 Å². The molecule has 0 unspecified atom stereocenters. The number of nitrogens with one attached hydrogen (secondary N) is 1. The van der Waals surface area contributed by atoms with Crippen LogP contribution in [-0.4, -0.2) is 25.2 Å². The van der Waals surface area contributed by atoms with Gasteiger partial charge in [0, 0.05) is 0 Å². The Morgan fingerprint density at radius 2 is 2.00 bits per heavy atom. The Bertz CT molecular complexity index is 422. The third-order valence-corrected chi connectivity index (χ3v) is 2.27. The van der Waals surface area contributed by atoms with Crippen LogP contribution in [0.4, 0.5) is 5.69 Å². The summed E-state index contributed by atoms with van der Waals surface area (Å²) in [7, 11) is 1.58. The molecule has 1 aromatic carbocycles. The number of benzene rings is 1. The first-order valence-electron chi connectivity index (χ1n) is 5.90. The lowest BCUT2D eigenvalue weighted by Crippen LogP contribution is -2.27. The highest BCUT2D eigenvalue weighted by atomic mass is 16.5. The first-order chi connectivity index (χ1) is 8.31. The van der Waals surface area contributed by atoms with Gasteiger partial charge in [-0.05, 0) is 45.4 Å². The summed E-state index contributed by atoms with van der Waals surface area (Å²) in [6.45, 7) is 7.72. The van der Waals surface area contributed by atoms with Crippen LogP contribution in [0.1, 0.15) is 26.3 Å². The number of hydrogen-bond donors (Lipinski definition) is 1. The maximum absolute atomic E-state index is 11.7. The van der Waals surface area contributed by atoms with E-state index >= 15 is 0 Å². The van der Waals surface area contributed by atoms with Crippen molar-refractivity contribution in [2.75, 3.05) is 19.0 Å². The van der Waals surface area contributed by atoms with Gasteiger partial charge in [-0.3, -0.25) is 4.79 Å². The van der Waals surface area contributed by atoms with Crippen molar-refractivity contribution >= 4 is 11.6 Å². The minimum absolute atomic E-state index is 0.0284. The van der Waals surface area contributed by atoms with Crippen LogP contribution in [0.2, 0.25) is 0 Å². The second-order valence-corrected chi connectivity index (χ2v) is 5.15. The Hall–Kier alpha value is -1.55. The summed E-state index contributed by atoms with van der Waals surface area (Å²) in [4.78, 5) is 11.7. The highest BCUT2D eigenvalue weighted by molar-refractivity contribution is 5.93. The maximum atomic E-state index is 11.7. The lowest BCUT2D eigenvalue weighted by molar-refractivity contribution is -0.125. The van der Waals surface area contributed by atoms with Crippen molar-refractivity contribution in [3.63, 3.8) is 0 Å². The zero-order chi connectivity index (χ0) is 13.8. The summed E-state index contributed by atoms with van der Waals surface area (Å²) in [6, 6.07) is 5.63. The van der Waals surface area contributed by atoms with Crippen LogP contribution in [0, 0.1) is 6.92 Å². The standard InChI is InChI=1S/C14H21NO3/c1-10-6-7-12(17-5)11(8-10)15-13(16)9-18-14(2,3)4/h6-8H,9H2,1-5H3,(H,15,16). The van der Waals surface area contributed by atoms with Crippen molar-refractivity contribution in [2.45, 2.75) is 33.3 Å². The number of amides is 1. The van der Waals surface area contributed by atoms with E-state index in [0.717, 1.165) is 5.56 Å². The molecule has 0 atom stereocenters. The fraction of sp³-hybridized carbons (Fsp3) is 0.500. The molecule has 4 nitrogen and oxygen atoms in total. The Kier molecular flexibility index (Phi) is 4.73. The van der Waals surface area contributed by atoms with Crippen molar-refractivity contribution in [3.8, 4) is 5.75 Å². The molecule has 0 saturated heterocycles. The van der Waals surface area contributed by atoms with Crippen molar-refractivity contribution < 1.29 is 14.3 Å². The van der Waals surface area contributed by atoms with Crippen molar-refractivity contribution in [1.29, 1.82) is 0 Å². The van der Waals surface area contributed by atoms with Crippen LogP contribution in [-0.2, 0) is 9.53 Å².